The van der Waals surface area contributed by atoms with Crippen LogP contribution in [0.25, 0.3) is 0 Å². The van der Waals surface area contributed by atoms with Crippen LogP contribution in [0, 0.1) is 6.92 Å². The summed E-state index contributed by atoms with van der Waals surface area (Å²) in [7, 11) is 0. The number of thioether (sulfide) groups is 1. The lowest BCUT2D eigenvalue weighted by Crippen LogP contribution is -2.41. The van der Waals surface area contributed by atoms with Crippen LogP contribution in [0.1, 0.15) is 46.7 Å². The van der Waals surface area contributed by atoms with E-state index in [1.54, 1.807) is 11.8 Å². The summed E-state index contributed by atoms with van der Waals surface area (Å²) in [6.07, 6.45) is 3.81. The molecule has 0 unspecified atom stereocenters. The molecule has 1 aliphatic carbocycles. The van der Waals surface area contributed by atoms with E-state index in [0.29, 0.717) is 5.01 Å². The molecule has 25 heavy (non-hydrogen) atoms. The fourth-order valence-electron chi connectivity index (χ4n) is 2.96. The number of thiazole rings is 1. The van der Waals surface area contributed by atoms with E-state index in [1.807, 2.05) is 6.92 Å². The molecule has 7 heteroatoms. The SMILES string of the molecule is Cc1ccc(SC2(C(=O)NCc3nc(C(=O)O)cs3)CCCC2)cc1. The molecule has 1 aromatic heterocycles. The van der Waals surface area contributed by atoms with E-state index in [2.05, 4.69) is 34.6 Å². The zero-order chi connectivity index (χ0) is 17.9. The Balaban J connectivity index is 1.67. The van der Waals surface area contributed by atoms with Gasteiger partial charge in [0.05, 0.1) is 11.3 Å². The Morgan fingerprint density at radius 1 is 1.28 bits per heavy atom. The lowest BCUT2D eigenvalue weighted by molar-refractivity contribution is -0.123. The number of hydrogen-bond donors (Lipinski definition) is 2. The maximum absolute atomic E-state index is 12.9. The van der Waals surface area contributed by atoms with Gasteiger partial charge in [-0.1, -0.05) is 30.5 Å². The average Bonchev–Trinajstić information content (AvgIpc) is 3.25. The first kappa shape index (κ1) is 17.9. The molecule has 1 heterocycles. The van der Waals surface area contributed by atoms with Crippen LogP contribution in [0.4, 0.5) is 0 Å². The van der Waals surface area contributed by atoms with Gasteiger partial charge in [-0.2, -0.15) is 0 Å². The number of carboxylic acids is 1. The third-order valence-electron chi connectivity index (χ3n) is 4.33. The number of aromatic nitrogens is 1. The first-order valence-corrected chi connectivity index (χ1v) is 9.90. The number of carboxylic acid groups (broad SMARTS) is 1. The standard InChI is InChI=1S/C18H20N2O3S2/c1-12-4-6-13(7-5-12)25-18(8-2-3-9-18)17(23)19-10-15-20-14(11-24-15)16(21)22/h4-7,11H,2-3,8-10H2,1H3,(H,19,23)(H,21,22). The van der Waals surface area contributed by atoms with Crippen molar-refractivity contribution >= 4 is 35.0 Å². The molecule has 0 aliphatic heterocycles. The molecule has 2 aromatic rings. The molecule has 3 rings (SSSR count). The van der Waals surface area contributed by atoms with Crippen LogP contribution in [-0.2, 0) is 11.3 Å². The van der Waals surface area contributed by atoms with E-state index in [0.717, 1.165) is 30.6 Å². The molecule has 1 aliphatic rings. The minimum Gasteiger partial charge on any atom is -0.476 e. The Bertz CT molecular complexity index is 765. The van der Waals surface area contributed by atoms with E-state index in [1.165, 1.54) is 22.3 Å². The van der Waals surface area contributed by atoms with Crippen molar-refractivity contribution in [1.82, 2.24) is 10.3 Å². The maximum atomic E-state index is 12.9. The van der Waals surface area contributed by atoms with Crippen LogP contribution in [0.2, 0.25) is 0 Å². The predicted molar refractivity (Wildman–Crippen MR) is 99.2 cm³/mol. The molecule has 0 spiro atoms. The van der Waals surface area contributed by atoms with Gasteiger partial charge in [0, 0.05) is 10.3 Å². The van der Waals surface area contributed by atoms with Crippen LogP contribution in [-0.4, -0.2) is 26.7 Å². The largest absolute Gasteiger partial charge is 0.476 e. The van der Waals surface area contributed by atoms with Gasteiger partial charge in [-0.25, -0.2) is 9.78 Å². The summed E-state index contributed by atoms with van der Waals surface area (Å²) in [5.41, 5.74) is 1.23. The third-order valence-corrected chi connectivity index (χ3v) is 6.67. The second kappa shape index (κ2) is 7.58. The van der Waals surface area contributed by atoms with Gasteiger partial charge in [0.1, 0.15) is 5.01 Å². The van der Waals surface area contributed by atoms with Crippen LogP contribution in [0.3, 0.4) is 0 Å². The number of carbonyl (C=O) groups is 2. The van der Waals surface area contributed by atoms with Gasteiger partial charge in [0.25, 0.3) is 0 Å². The average molecular weight is 377 g/mol. The van der Waals surface area contributed by atoms with Crippen molar-refractivity contribution in [2.75, 3.05) is 0 Å². The number of benzene rings is 1. The number of nitrogens with zero attached hydrogens (tertiary/aromatic N) is 1. The number of amides is 1. The monoisotopic (exact) mass is 376 g/mol. The highest BCUT2D eigenvalue weighted by Gasteiger charge is 2.42. The summed E-state index contributed by atoms with van der Waals surface area (Å²) in [5.74, 6) is -1.03. The van der Waals surface area contributed by atoms with Crippen molar-refractivity contribution in [3.63, 3.8) is 0 Å². The smallest absolute Gasteiger partial charge is 0.355 e. The first-order valence-electron chi connectivity index (χ1n) is 8.20. The molecule has 2 N–H and O–H groups in total. The number of aryl methyl sites for hydroxylation is 1. The van der Waals surface area contributed by atoms with E-state index < -0.39 is 10.7 Å². The summed E-state index contributed by atoms with van der Waals surface area (Å²) >= 11 is 2.89. The second-order valence-electron chi connectivity index (χ2n) is 6.23. The van der Waals surface area contributed by atoms with E-state index >= 15 is 0 Å². The van der Waals surface area contributed by atoms with E-state index in [-0.39, 0.29) is 18.1 Å². The summed E-state index contributed by atoms with van der Waals surface area (Å²) < 4.78 is -0.442. The highest BCUT2D eigenvalue weighted by atomic mass is 32.2. The van der Waals surface area contributed by atoms with Crippen LogP contribution in [0.15, 0.2) is 34.5 Å². The molecule has 132 valence electrons. The van der Waals surface area contributed by atoms with Crippen LogP contribution in [0.5, 0.6) is 0 Å². The summed E-state index contributed by atoms with van der Waals surface area (Å²) in [6.45, 7) is 2.32. The minimum absolute atomic E-state index is 0.0163. The quantitative estimate of drug-likeness (QED) is 0.800. The third kappa shape index (κ3) is 4.22. The van der Waals surface area contributed by atoms with Crippen molar-refractivity contribution < 1.29 is 14.7 Å². The number of carbonyl (C=O) groups excluding carboxylic acids is 1. The van der Waals surface area contributed by atoms with Crippen LogP contribution >= 0.6 is 23.1 Å². The van der Waals surface area contributed by atoms with E-state index in [4.69, 9.17) is 5.11 Å². The van der Waals surface area contributed by atoms with Crippen molar-refractivity contribution in [3.05, 3.63) is 45.9 Å². The molecule has 5 nitrogen and oxygen atoms in total. The molecule has 1 aromatic carbocycles. The Morgan fingerprint density at radius 2 is 1.96 bits per heavy atom. The topological polar surface area (TPSA) is 79.3 Å². The van der Waals surface area contributed by atoms with Gasteiger partial charge in [-0.05, 0) is 31.9 Å². The molecule has 0 atom stereocenters. The number of rotatable bonds is 6. The Labute approximate surface area is 154 Å². The maximum Gasteiger partial charge on any atom is 0.355 e. The molecule has 1 amide bonds. The van der Waals surface area contributed by atoms with Crippen molar-refractivity contribution in [3.8, 4) is 0 Å². The van der Waals surface area contributed by atoms with Crippen molar-refractivity contribution in [2.24, 2.45) is 0 Å². The molecular formula is C18H20N2O3S2. The Hall–Kier alpha value is -1.86. The zero-order valence-corrected chi connectivity index (χ0v) is 15.6. The second-order valence-corrected chi connectivity index (χ2v) is 8.63. The molecule has 1 fully saturated rings. The van der Waals surface area contributed by atoms with E-state index in [9.17, 15) is 9.59 Å². The van der Waals surface area contributed by atoms with Gasteiger partial charge >= 0.3 is 5.97 Å². The highest BCUT2D eigenvalue weighted by Crippen LogP contribution is 2.45. The summed E-state index contributed by atoms with van der Waals surface area (Å²) in [6, 6.07) is 8.25. The molecular weight excluding hydrogens is 356 g/mol. The fraction of sp³-hybridized carbons (Fsp3) is 0.389. The lowest BCUT2D eigenvalue weighted by Gasteiger charge is -2.27. The molecule has 0 bridgehead atoms. The summed E-state index contributed by atoms with van der Waals surface area (Å²) in [4.78, 5) is 28.9. The van der Waals surface area contributed by atoms with Gasteiger partial charge in [0.2, 0.25) is 5.91 Å². The van der Waals surface area contributed by atoms with Gasteiger partial charge in [-0.3, -0.25) is 4.79 Å². The first-order chi connectivity index (χ1) is 12.0. The summed E-state index contributed by atoms with van der Waals surface area (Å²) in [5, 5.41) is 14.0. The number of nitrogens with one attached hydrogen (secondary N) is 1. The molecule has 0 saturated heterocycles. The fourth-order valence-corrected chi connectivity index (χ4v) is 5.05. The normalized spacial score (nSPS) is 15.9. The zero-order valence-electron chi connectivity index (χ0n) is 13.9. The Morgan fingerprint density at radius 3 is 2.56 bits per heavy atom. The highest BCUT2D eigenvalue weighted by molar-refractivity contribution is 8.01. The number of aromatic carboxylic acids is 1. The van der Waals surface area contributed by atoms with Crippen LogP contribution < -0.4 is 5.32 Å². The van der Waals surface area contributed by atoms with Crippen molar-refractivity contribution in [2.45, 2.75) is 48.8 Å². The molecule has 1 saturated carbocycles. The van der Waals surface area contributed by atoms with Gasteiger partial charge < -0.3 is 10.4 Å². The minimum atomic E-state index is -1.05. The predicted octanol–water partition coefficient (Wildman–Crippen LogP) is 3.87. The Kier molecular flexibility index (Phi) is 5.44. The lowest BCUT2D eigenvalue weighted by atomic mass is 10.1. The molecule has 0 radical (unpaired) electrons. The van der Waals surface area contributed by atoms with Crippen molar-refractivity contribution in [1.29, 1.82) is 0 Å². The van der Waals surface area contributed by atoms with Gasteiger partial charge in [0.15, 0.2) is 5.69 Å². The number of hydrogen-bond acceptors (Lipinski definition) is 5. The van der Waals surface area contributed by atoms with Gasteiger partial charge in [-0.15, -0.1) is 23.1 Å².